The number of rotatable bonds is 3. The van der Waals surface area contributed by atoms with E-state index >= 15 is 0 Å². The molecule has 4 heteroatoms. The summed E-state index contributed by atoms with van der Waals surface area (Å²) in [5.41, 5.74) is 2.22. The Balaban J connectivity index is 2.35. The van der Waals surface area contributed by atoms with E-state index in [9.17, 15) is 4.79 Å². The molecule has 0 unspecified atom stereocenters. The third-order valence-corrected chi connectivity index (χ3v) is 3.28. The molecular weight excluding hydrogens is 222 g/mol. The largest absolute Gasteiger partial charge is 0.478 e. The molecule has 0 spiro atoms. The van der Waals surface area contributed by atoms with Crippen LogP contribution in [0.5, 0.6) is 0 Å². The lowest BCUT2D eigenvalue weighted by molar-refractivity contribution is 0.0696. The highest BCUT2D eigenvalue weighted by Crippen LogP contribution is 2.18. The van der Waals surface area contributed by atoms with E-state index in [0.717, 1.165) is 16.1 Å². The zero-order chi connectivity index (χ0) is 11.5. The van der Waals surface area contributed by atoms with E-state index in [1.54, 1.807) is 29.7 Å². The van der Waals surface area contributed by atoms with Crippen molar-refractivity contribution in [2.24, 2.45) is 0 Å². The minimum Gasteiger partial charge on any atom is -0.478 e. The first-order valence-corrected chi connectivity index (χ1v) is 5.76. The molecule has 0 aliphatic heterocycles. The summed E-state index contributed by atoms with van der Waals surface area (Å²) in [6.07, 6.45) is 2.46. The van der Waals surface area contributed by atoms with Gasteiger partial charge in [0.15, 0.2) is 0 Å². The van der Waals surface area contributed by atoms with Crippen LogP contribution in [0.2, 0.25) is 0 Å². The molecule has 0 aliphatic rings. The van der Waals surface area contributed by atoms with Crippen LogP contribution in [0.15, 0.2) is 29.8 Å². The molecule has 0 radical (unpaired) electrons. The molecule has 3 nitrogen and oxygen atoms in total. The minimum atomic E-state index is -0.876. The Morgan fingerprint density at radius 2 is 2.31 bits per heavy atom. The molecule has 0 fully saturated rings. The molecule has 0 saturated heterocycles. The summed E-state index contributed by atoms with van der Waals surface area (Å²) in [5.74, 6) is -0.876. The molecule has 1 aromatic carbocycles. The lowest BCUT2D eigenvalue weighted by Crippen LogP contribution is -2.02. The number of hydrogen-bond acceptors (Lipinski definition) is 3. The van der Waals surface area contributed by atoms with Gasteiger partial charge in [-0.2, -0.15) is 0 Å². The van der Waals surface area contributed by atoms with Crippen LogP contribution in [-0.4, -0.2) is 16.1 Å². The fraction of sp³-hybridized carbons (Fsp3) is 0.167. The Bertz CT molecular complexity index is 506. The number of carboxylic acid groups (broad SMARTS) is 1. The fourth-order valence-electron chi connectivity index (χ4n) is 1.61. The summed E-state index contributed by atoms with van der Waals surface area (Å²) in [6, 6.07) is 5.35. The first-order valence-electron chi connectivity index (χ1n) is 4.88. The van der Waals surface area contributed by atoms with E-state index < -0.39 is 5.97 Å². The molecule has 82 valence electrons. The third kappa shape index (κ3) is 2.12. The highest BCUT2D eigenvalue weighted by atomic mass is 32.1. The Hall–Kier alpha value is -1.68. The van der Waals surface area contributed by atoms with Crippen molar-refractivity contribution < 1.29 is 9.90 Å². The first kappa shape index (κ1) is 10.8. The Labute approximate surface area is 97.4 Å². The van der Waals surface area contributed by atoms with Crippen molar-refractivity contribution in [1.29, 1.82) is 0 Å². The number of carboxylic acids is 1. The Kier molecular flexibility index (Phi) is 3.01. The van der Waals surface area contributed by atoms with E-state index in [2.05, 4.69) is 4.98 Å². The maximum atomic E-state index is 11.0. The van der Waals surface area contributed by atoms with Crippen molar-refractivity contribution in [3.05, 3.63) is 51.5 Å². The molecule has 1 aromatic heterocycles. The summed E-state index contributed by atoms with van der Waals surface area (Å²) in [4.78, 5) is 15.2. The minimum absolute atomic E-state index is 0.369. The third-order valence-electron chi connectivity index (χ3n) is 2.50. The van der Waals surface area contributed by atoms with Crippen LogP contribution in [-0.2, 0) is 6.42 Å². The van der Waals surface area contributed by atoms with Gasteiger partial charge < -0.3 is 5.11 Å². The number of thiazole rings is 1. The maximum Gasteiger partial charge on any atom is 0.335 e. The summed E-state index contributed by atoms with van der Waals surface area (Å²) in [6.45, 7) is 1.84. The molecule has 0 atom stereocenters. The van der Waals surface area contributed by atoms with Crippen LogP contribution in [0.3, 0.4) is 0 Å². The Morgan fingerprint density at radius 3 is 2.94 bits per heavy atom. The van der Waals surface area contributed by atoms with E-state index in [1.807, 2.05) is 18.4 Å². The molecule has 0 bridgehead atoms. The van der Waals surface area contributed by atoms with Gasteiger partial charge >= 0.3 is 5.97 Å². The van der Waals surface area contributed by atoms with E-state index in [-0.39, 0.29) is 0 Å². The SMILES string of the molecule is Cc1c(Cc2nccs2)cccc1C(=O)O. The van der Waals surface area contributed by atoms with Gasteiger partial charge in [-0.15, -0.1) is 11.3 Å². The highest BCUT2D eigenvalue weighted by molar-refractivity contribution is 7.09. The van der Waals surface area contributed by atoms with Crippen molar-refractivity contribution in [2.45, 2.75) is 13.3 Å². The monoisotopic (exact) mass is 233 g/mol. The number of aromatic carboxylic acids is 1. The second-order valence-electron chi connectivity index (χ2n) is 3.50. The molecule has 16 heavy (non-hydrogen) atoms. The highest BCUT2D eigenvalue weighted by Gasteiger charge is 2.10. The molecule has 1 N–H and O–H groups in total. The maximum absolute atomic E-state index is 11.0. The lowest BCUT2D eigenvalue weighted by atomic mass is 10.0. The number of nitrogens with zero attached hydrogens (tertiary/aromatic N) is 1. The summed E-state index contributed by atoms with van der Waals surface area (Å²) < 4.78 is 0. The number of benzene rings is 1. The van der Waals surface area contributed by atoms with E-state index in [1.165, 1.54) is 0 Å². The van der Waals surface area contributed by atoms with Crippen molar-refractivity contribution in [1.82, 2.24) is 4.98 Å². The van der Waals surface area contributed by atoms with E-state index in [4.69, 9.17) is 5.11 Å². The van der Waals surface area contributed by atoms with Gasteiger partial charge in [0.25, 0.3) is 0 Å². The lowest BCUT2D eigenvalue weighted by Gasteiger charge is -2.06. The predicted molar refractivity (Wildman–Crippen MR) is 63.1 cm³/mol. The number of hydrogen-bond donors (Lipinski definition) is 1. The molecule has 0 amide bonds. The van der Waals surface area contributed by atoms with Crippen LogP contribution in [0.1, 0.15) is 26.5 Å². The van der Waals surface area contributed by atoms with Crippen LogP contribution < -0.4 is 0 Å². The van der Waals surface area contributed by atoms with Gasteiger partial charge in [-0.05, 0) is 24.1 Å². The van der Waals surface area contributed by atoms with Gasteiger partial charge in [-0.3, -0.25) is 0 Å². The van der Waals surface area contributed by atoms with Crippen LogP contribution in [0.4, 0.5) is 0 Å². The quantitative estimate of drug-likeness (QED) is 0.886. The van der Waals surface area contributed by atoms with Gasteiger partial charge in [0.05, 0.1) is 10.6 Å². The zero-order valence-corrected chi connectivity index (χ0v) is 9.62. The van der Waals surface area contributed by atoms with Crippen molar-refractivity contribution in [2.75, 3.05) is 0 Å². The normalized spacial score (nSPS) is 10.3. The Morgan fingerprint density at radius 1 is 1.50 bits per heavy atom. The van der Waals surface area contributed by atoms with Gasteiger partial charge in [0.1, 0.15) is 0 Å². The standard InChI is InChI=1S/C12H11NO2S/c1-8-9(7-11-13-5-6-16-11)3-2-4-10(8)12(14)15/h2-6H,7H2,1H3,(H,14,15). The zero-order valence-electron chi connectivity index (χ0n) is 8.80. The molecule has 0 aliphatic carbocycles. The van der Waals surface area contributed by atoms with Gasteiger partial charge in [0.2, 0.25) is 0 Å². The average Bonchev–Trinajstić information content (AvgIpc) is 2.73. The number of aromatic nitrogens is 1. The topological polar surface area (TPSA) is 50.2 Å². The van der Waals surface area contributed by atoms with Crippen molar-refractivity contribution >= 4 is 17.3 Å². The summed E-state index contributed by atoms with van der Waals surface area (Å²) in [5, 5.41) is 11.9. The van der Waals surface area contributed by atoms with Gasteiger partial charge in [-0.1, -0.05) is 12.1 Å². The van der Waals surface area contributed by atoms with Crippen LogP contribution in [0, 0.1) is 6.92 Å². The predicted octanol–water partition coefficient (Wildman–Crippen LogP) is 2.74. The average molecular weight is 233 g/mol. The second kappa shape index (κ2) is 4.45. The van der Waals surface area contributed by atoms with Crippen LogP contribution in [0.25, 0.3) is 0 Å². The molecule has 1 heterocycles. The van der Waals surface area contributed by atoms with E-state index in [0.29, 0.717) is 12.0 Å². The second-order valence-corrected chi connectivity index (χ2v) is 4.48. The van der Waals surface area contributed by atoms with Gasteiger partial charge in [0, 0.05) is 18.0 Å². The summed E-state index contributed by atoms with van der Waals surface area (Å²) in [7, 11) is 0. The fourth-order valence-corrected chi connectivity index (χ4v) is 2.25. The molecule has 2 aromatic rings. The molecular formula is C12H11NO2S. The van der Waals surface area contributed by atoms with Crippen molar-refractivity contribution in [3.63, 3.8) is 0 Å². The molecule has 2 rings (SSSR count). The van der Waals surface area contributed by atoms with Gasteiger partial charge in [-0.25, -0.2) is 9.78 Å². The first-order chi connectivity index (χ1) is 7.68. The number of carbonyl (C=O) groups is 1. The summed E-state index contributed by atoms with van der Waals surface area (Å²) >= 11 is 1.58. The van der Waals surface area contributed by atoms with Crippen LogP contribution >= 0.6 is 11.3 Å². The smallest absolute Gasteiger partial charge is 0.335 e. The molecule has 0 saturated carbocycles. The van der Waals surface area contributed by atoms with Crippen molar-refractivity contribution in [3.8, 4) is 0 Å².